The van der Waals surface area contributed by atoms with Gasteiger partial charge in [0, 0.05) is 5.41 Å². The van der Waals surface area contributed by atoms with Crippen LogP contribution < -0.4 is 0 Å². The van der Waals surface area contributed by atoms with Crippen molar-refractivity contribution in [2.24, 2.45) is 17.3 Å². The molecule has 3 atom stereocenters. The van der Waals surface area contributed by atoms with Gasteiger partial charge in [0.1, 0.15) is 0 Å². The van der Waals surface area contributed by atoms with Crippen LogP contribution in [0.3, 0.4) is 0 Å². The minimum Gasteiger partial charge on any atom is -0.369 e. The third-order valence-electron chi connectivity index (χ3n) is 4.90. The van der Waals surface area contributed by atoms with E-state index < -0.39 is 0 Å². The number of hydrogen-bond acceptors (Lipinski definition) is 1. The van der Waals surface area contributed by atoms with Crippen LogP contribution in [-0.4, -0.2) is 12.2 Å². The van der Waals surface area contributed by atoms with Crippen molar-refractivity contribution in [1.29, 1.82) is 0 Å². The van der Waals surface area contributed by atoms with Crippen molar-refractivity contribution in [1.82, 2.24) is 0 Å². The molecule has 1 unspecified atom stereocenters. The first-order chi connectivity index (χ1) is 5.40. The Labute approximate surface area is 67.1 Å². The van der Waals surface area contributed by atoms with Crippen molar-refractivity contribution in [3.63, 3.8) is 0 Å². The molecule has 0 amide bonds. The number of rotatable bonds is 0. The van der Waals surface area contributed by atoms with E-state index in [1.54, 1.807) is 0 Å². The molecule has 1 nitrogen and oxygen atoms in total. The van der Waals surface area contributed by atoms with Crippen molar-refractivity contribution in [2.75, 3.05) is 0 Å². The van der Waals surface area contributed by atoms with E-state index in [1.165, 1.54) is 32.1 Å². The zero-order valence-electron chi connectivity index (χ0n) is 6.75. The summed E-state index contributed by atoms with van der Waals surface area (Å²) in [5.74, 6) is 2.22. The van der Waals surface area contributed by atoms with Crippen LogP contribution in [0.4, 0.5) is 0 Å². The Morgan fingerprint density at radius 2 is 2.00 bits per heavy atom. The van der Waals surface area contributed by atoms with Gasteiger partial charge in [-0.1, -0.05) is 0 Å². The maximum atomic E-state index is 5.69. The molecule has 1 heterocycles. The molecular formula is C10H14O. The van der Waals surface area contributed by atoms with Gasteiger partial charge in [-0.3, -0.25) is 0 Å². The van der Waals surface area contributed by atoms with Crippen molar-refractivity contribution in [2.45, 2.75) is 44.3 Å². The molecule has 4 fully saturated rings. The lowest BCUT2D eigenvalue weighted by Crippen LogP contribution is -2.24. The molecule has 4 rings (SSSR count). The van der Waals surface area contributed by atoms with E-state index in [1.807, 2.05) is 0 Å². The Morgan fingerprint density at radius 1 is 1.18 bits per heavy atom. The first-order valence-electron chi connectivity index (χ1n) is 5.06. The van der Waals surface area contributed by atoms with Gasteiger partial charge in [-0.25, -0.2) is 0 Å². The second-order valence-corrected chi connectivity index (χ2v) is 5.01. The highest BCUT2D eigenvalue weighted by molar-refractivity contribution is 5.18. The number of hydrogen-bond donors (Lipinski definition) is 0. The summed E-state index contributed by atoms with van der Waals surface area (Å²) in [6, 6.07) is 0. The molecule has 0 spiro atoms. The van der Waals surface area contributed by atoms with Gasteiger partial charge >= 0.3 is 0 Å². The fraction of sp³-hybridized carbons (Fsp3) is 1.00. The standard InChI is InChI=1S/C10H14O/c1-3-10-4-2-6(1)7(10)5-8-9(10)11-8/h6-9H,1-5H2/t6?,7-,8+,9?,10?/m0/s1. The molecular weight excluding hydrogens is 136 g/mol. The normalized spacial score (nSPS) is 69.8. The first-order valence-corrected chi connectivity index (χ1v) is 5.06. The molecule has 0 N–H and O–H groups in total. The van der Waals surface area contributed by atoms with Crippen molar-refractivity contribution in [3.05, 3.63) is 0 Å². The molecule has 0 radical (unpaired) electrons. The molecule has 1 saturated heterocycles. The summed E-state index contributed by atoms with van der Waals surface area (Å²) in [4.78, 5) is 0. The van der Waals surface area contributed by atoms with Crippen molar-refractivity contribution < 1.29 is 4.74 Å². The Balaban J connectivity index is 1.87. The van der Waals surface area contributed by atoms with Crippen LogP contribution in [0.2, 0.25) is 0 Å². The summed E-state index contributed by atoms with van der Waals surface area (Å²) in [6.07, 6.45) is 8.94. The molecule has 3 aliphatic carbocycles. The molecule has 0 aromatic carbocycles. The van der Waals surface area contributed by atoms with E-state index in [0.717, 1.165) is 29.5 Å². The highest BCUT2D eigenvalue weighted by Crippen LogP contribution is 2.71. The lowest BCUT2D eigenvalue weighted by molar-refractivity contribution is 0.133. The molecule has 1 heteroatoms. The highest BCUT2D eigenvalue weighted by atomic mass is 16.6. The fourth-order valence-corrected chi connectivity index (χ4v) is 4.42. The molecule has 3 saturated carbocycles. The molecule has 11 heavy (non-hydrogen) atoms. The van der Waals surface area contributed by atoms with Crippen LogP contribution in [0.25, 0.3) is 0 Å². The molecule has 60 valence electrons. The monoisotopic (exact) mass is 150 g/mol. The molecule has 1 aliphatic heterocycles. The van der Waals surface area contributed by atoms with E-state index >= 15 is 0 Å². The Kier molecular flexibility index (Phi) is 0.706. The zero-order valence-corrected chi connectivity index (χ0v) is 6.75. The predicted molar refractivity (Wildman–Crippen MR) is 41.2 cm³/mol. The van der Waals surface area contributed by atoms with E-state index in [4.69, 9.17) is 4.74 Å². The van der Waals surface area contributed by atoms with Gasteiger partial charge in [-0.2, -0.15) is 0 Å². The fourth-order valence-electron chi connectivity index (χ4n) is 4.42. The Hall–Kier alpha value is -0.0400. The smallest absolute Gasteiger partial charge is 0.0900 e. The lowest BCUT2D eigenvalue weighted by Gasteiger charge is -2.25. The SMILES string of the molecule is C1CC23CCC1[C@@H]2C[C@H]1OC13. The third-order valence-corrected chi connectivity index (χ3v) is 4.90. The number of epoxide rings is 1. The van der Waals surface area contributed by atoms with Gasteiger partial charge in [0.15, 0.2) is 0 Å². The minimum absolute atomic E-state index is 0.725. The predicted octanol–water partition coefficient (Wildman–Crippen LogP) is 1.96. The Bertz CT molecular complexity index is 215. The average molecular weight is 150 g/mol. The zero-order chi connectivity index (χ0) is 7.05. The number of ether oxygens (including phenoxy) is 1. The van der Waals surface area contributed by atoms with Gasteiger partial charge in [0.25, 0.3) is 0 Å². The Morgan fingerprint density at radius 3 is 2.73 bits per heavy atom. The van der Waals surface area contributed by atoms with Crippen LogP contribution >= 0.6 is 0 Å². The summed E-state index contributed by atoms with van der Waals surface area (Å²) in [7, 11) is 0. The van der Waals surface area contributed by atoms with Crippen LogP contribution in [0.1, 0.15) is 32.1 Å². The quantitative estimate of drug-likeness (QED) is 0.481. The second-order valence-electron chi connectivity index (χ2n) is 5.01. The highest BCUT2D eigenvalue weighted by Gasteiger charge is 2.70. The summed E-state index contributed by atoms with van der Waals surface area (Å²) in [5.41, 5.74) is 0.731. The van der Waals surface area contributed by atoms with E-state index in [-0.39, 0.29) is 0 Å². The largest absolute Gasteiger partial charge is 0.369 e. The molecule has 4 aliphatic rings. The molecule has 0 aromatic heterocycles. The second kappa shape index (κ2) is 1.39. The summed E-state index contributed by atoms with van der Waals surface area (Å²) in [6.45, 7) is 0. The van der Waals surface area contributed by atoms with Gasteiger partial charge in [-0.15, -0.1) is 0 Å². The topological polar surface area (TPSA) is 12.5 Å². The summed E-state index contributed by atoms with van der Waals surface area (Å²) >= 11 is 0. The lowest BCUT2D eigenvalue weighted by atomic mass is 9.80. The van der Waals surface area contributed by atoms with E-state index in [2.05, 4.69) is 0 Å². The van der Waals surface area contributed by atoms with Crippen LogP contribution in [-0.2, 0) is 4.74 Å². The van der Waals surface area contributed by atoms with Gasteiger partial charge in [0.05, 0.1) is 12.2 Å². The van der Waals surface area contributed by atoms with E-state index in [9.17, 15) is 0 Å². The van der Waals surface area contributed by atoms with Gasteiger partial charge < -0.3 is 4.74 Å². The maximum Gasteiger partial charge on any atom is 0.0900 e. The first kappa shape index (κ1) is 5.58. The summed E-state index contributed by atoms with van der Waals surface area (Å²) in [5, 5.41) is 0. The average Bonchev–Trinajstić information content (AvgIpc) is 2.46. The number of fused-ring (bicyclic) bond motifs is 1. The van der Waals surface area contributed by atoms with Crippen LogP contribution in [0.15, 0.2) is 0 Å². The third kappa shape index (κ3) is 0.438. The molecule has 0 aromatic rings. The van der Waals surface area contributed by atoms with Gasteiger partial charge in [-0.05, 0) is 43.9 Å². The van der Waals surface area contributed by atoms with Crippen molar-refractivity contribution >= 4 is 0 Å². The van der Waals surface area contributed by atoms with E-state index in [0.29, 0.717) is 0 Å². The maximum absolute atomic E-state index is 5.69. The minimum atomic E-state index is 0.725. The van der Waals surface area contributed by atoms with Crippen molar-refractivity contribution in [3.8, 4) is 0 Å². The summed E-state index contributed by atoms with van der Waals surface area (Å²) < 4.78 is 5.69. The van der Waals surface area contributed by atoms with Gasteiger partial charge in [0.2, 0.25) is 0 Å². The molecule has 2 bridgehead atoms. The van der Waals surface area contributed by atoms with Crippen LogP contribution in [0.5, 0.6) is 0 Å². The van der Waals surface area contributed by atoms with Crippen LogP contribution in [0, 0.1) is 17.3 Å².